The zero-order valence-corrected chi connectivity index (χ0v) is 13.2. The number of hydrazine groups is 1. The van der Waals surface area contributed by atoms with Crippen molar-refractivity contribution in [3.05, 3.63) is 70.0 Å². The lowest BCUT2D eigenvalue weighted by Crippen LogP contribution is -2.41. The van der Waals surface area contributed by atoms with Gasteiger partial charge in [0.05, 0.1) is 6.04 Å². The van der Waals surface area contributed by atoms with Crippen LogP contribution < -0.4 is 11.3 Å². The Hall–Kier alpha value is -1.42. The molecule has 0 amide bonds. The van der Waals surface area contributed by atoms with Gasteiger partial charge in [-0.1, -0.05) is 49.7 Å². The summed E-state index contributed by atoms with van der Waals surface area (Å²) < 4.78 is 13.1. The first-order valence-electron chi connectivity index (χ1n) is 6.84. The van der Waals surface area contributed by atoms with E-state index in [1.807, 2.05) is 25.1 Å². The van der Waals surface area contributed by atoms with Gasteiger partial charge >= 0.3 is 0 Å². The molecule has 0 saturated carbocycles. The third kappa shape index (κ3) is 3.26. The van der Waals surface area contributed by atoms with Gasteiger partial charge in [-0.3, -0.25) is 11.3 Å². The van der Waals surface area contributed by atoms with E-state index < -0.39 is 0 Å². The van der Waals surface area contributed by atoms with Crippen molar-refractivity contribution >= 4 is 11.6 Å². The summed E-state index contributed by atoms with van der Waals surface area (Å²) in [5.74, 6) is 5.53. The number of nitrogens with two attached hydrogens (primary N) is 1. The van der Waals surface area contributed by atoms with Gasteiger partial charge < -0.3 is 0 Å². The lowest BCUT2D eigenvalue weighted by Gasteiger charge is -2.35. The maximum Gasteiger partial charge on any atom is 0.123 e. The number of halogens is 2. The minimum atomic E-state index is -0.318. The van der Waals surface area contributed by atoms with Crippen molar-refractivity contribution in [2.75, 3.05) is 0 Å². The average molecular weight is 307 g/mol. The van der Waals surface area contributed by atoms with E-state index in [2.05, 4.69) is 19.3 Å². The molecule has 1 atom stereocenters. The highest BCUT2D eigenvalue weighted by Crippen LogP contribution is 2.37. The zero-order chi connectivity index (χ0) is 15.6. The predicted octanol–water partition coefficient (Wildman–Crippen LogP) is 4.27. The average Bonchev–Trinajstić information content (AvgIpc) is 2.44. The lowest BCUT2D eigenvalue weighted by atomic mass is 9.75. The summed E-state index contributed by atoms with van der Waals surface area (Å²) in [5.41, 5.74) is 5.58. The zero-order valence-electron chi connectivity index (χ0n) is 12.5. The monoisotopic (exact) mass is 306 g/mol. The van der Waals surface area contributed by atoms with Gasteiger partial charge in [0, 0.05) is 10.4 Å². The molecule has 0 aromatic heterocycles. The first kappa shape index (κ1) is 16.0. The van der Waals surface area contributed by atoms with E-state index in [1.54, 1.807) is 12.1 Å². The highest BCUT2D eigenvalue weighted by molar-refractivity contribution is 6.31. The van der Waals surface area contributed by atoms with Crippen LogP contribution >= 0.6 is 11.6 Å². The fraction of sp³-hybridized carbons (Fsp3) is 0.294. The van der Waals surface area contributed by atoms with E-state index in [-0.39, 0.29) is 17.3 Å². The maximum atomic E-state index is 13.1. The molecular weight excluding hydrogens is 287 g/mol. The highest BCUT2D eigenvalue weighted by Gasteiger charge is 2.32. The molecule has 0 aliphatic heterocycles. The van der Waals surface area contributed by atoms with E-state index in [1.165, 1.54) is 12.1 Å². The molecule has 2 rings (SSSR count). The summed E-state index contributed by atoms with van der Waals surface area (Å²) in [6.07, 6.45) is 0. The molecular formula is C17H20ClFN2. The quantitative estimate of drug-likeness (QED) is 0.654. The second kappa shape index (κ2) is 6.14. The van der Waals surface area contributed by atoms with Gasteiger partial charge in [-0.25, -0.2) is 4.39 Å². The standard InChI is InChI=1S/C17H20ClFN2/c1-11-4-5-12(10-15(11)18)16(21-20)17(2,3)13-6-8-14(19)9-7-13/h4-10,16,21H,20H2,1-3H3. The first-order valence-corrected chi connectivity index (χ1v) is 7.22. The third-order valence-electron chi connectivity index (χ3n) is 4.01. The normalized spacial score (nSPS) is 13.2. The van der Waals surface area contributed by atoms with Crippen LogP contribution in [0, 0.1) is 12.7 Å². The molecule has 0 spiro atoms. The van der Waals surface area contributed by atoms with E-state index in [9.17, 15) is 4.39 Å². The maximum absolute atomic E-state index is 13.1. The van der Waals surface area contributed by atoms with E-state index in [0.717, 1.165) is 16.7 Å². The summed E-state index contributed by atoms with van der Waals surface area (Å²) in [6.45, 7) is 6.10. The van der Waals surface area contributed by atoms with E-state index >= 15 is 0 Å². The molecule has 0 radical (unpaired) electrons. The topological polar surface area (TPSA) is 38.0 Å². The van der Waals surface area contributed by atoms with Crippen molar-refractivity contribution in [1.82, 2.24) is 5.43 Å². The molecule has 2 aromatic carbocycles. The molecule has 0 saturated heterocycles. The van der Waals surface area contributed by atoms with Gasteiger partial charge in [0.15, 0.2) is 0 Å². The molecule has 4 heteroatoms. The Morgan fingerprint density at radius 3 is 2.29 bits per heavy atom. The molecule has 3 N–H and O–H groups in total. The molecule has 2 nitrogen and oxygen atoms in total. The van der Waals surface area contributed by atoms with Crippen molar-refractivity contribution in [2.24, 2.45) is 5.84 Å². The molecule has 0 fully saturated rings. The van der Waals surface area contributed by atoms with Crippen LogP contribution in [0.2, 0.25) is 5.02 Å². The van der Waals surface area contributed by atoms with Crippen LogP contribution in [0.1, 0.15) is 36.6 Å². The van der Waals surface area contributed by atoms with Gasteiger partial charge in [0.25, 0.3) is 0 Å². The smallest absolute Gasteiger partial charge is 0.123 e. The van der Waals surface area contributed by atoms with Crippen LogP contribution in [-0.2, 0) is 5.41 Å². The Balaban J connectivity index is 2.43. The van der Waals surface area contributed by atoms with Crippen LogP contribution in [0.15, 0.2) is 42.5 Å². The fourth-order valence-corrected chi connectivity index (χ4v) is 2.74. The molecule has 1 unspecified atom stereocenters. The highest BCUT2D eigenvalue weighted by atomic mass is 35.5. The number of nitrogens with one attached hydrogen (secondary N) is 1. The molecule has 2 aromatic rings. The molecule has 0 bridgehead atoms. The van der Waals surface area contributed by atoms with Crippen LogP contribution in [0.25, 0.3) is 0 Å². The van der Waals surface area contributed by atoms with Crippen LogP contribution in [-0.4, -0.2) is 0 Å². The molecule has 21 heavy (non-hydrogen) atoms. The first-order chi connectivity index (χ1) is 9.86. The van der Waals surface area contributed by atoms with Crippen LogP contribution in [0.3, 0.4) is 0 Å². The second-order valence-corrected chi connectivity index (χ2v) is 6.24. The SMILES string of the molecule is Cc1ccc(C(NN)C(C)(C)c2ccc(F)cc2)cc1Cl. The van der Waals surface area contributed by atoms with Crippen molar-refractivity contribution in [2.45, 2.75) is 32.2 Å². The third-order valence-corrected chi connectivity index (χ3v) is 4.41. The Morgan fingerprint density at radius 1 is 1.14 bits per heavy atom. The number of hydrogen-bond acceptors (Lipinski definition) is 2. The van der Waals surface area contributed by atoms with E-state index in [0.29, 0.717) is 5.02 Å². The van der Waals surface area contributed by atoms with E-state index in [4.69, 9.17) is 17.4 Å². The van der Waals surface area contributed by atoms with Gasteiger partial charge in [0.2, 0.25) is 0 Å². The predicted molar refractivity (Wildman–Crippen MR) is 85.7 cm³/mol. The van der Waals surface area contributed by atoms with Crippen molar-refractivity contribution in [3.8, 4) is 0 Å². The number of benzene rings is 2. The summed E-state index contributed by atoms with van der Waals surface area (Å²) in [4.78, 5) is 0. The second-order valence-electron chi connectivity index (χ2n) is 5.84. The Morgan fingerprint density at radius 2 is 1.76 bits per heavy atom. The number of rotatable bonds is 4. The minimum absolute atomic E-state index is 0.138. The Bertz CT molecular complexity index is 623. The molecule has 0 aliphatic carbocycles. The number of aryl methyl sites for hydroxylation is 1. The number of hydrogen-bond donors (Lipinski definition) is 2. The summed E-state index contributed by atoms with van der Waals surface area (Å²) in [6, 6.07) is 12.3. The largest absolute Gasteiger partial charge is 0.271 e. The van der Waals surface area contributed by atoms with Crippen LogP contribution in [0.4, 0.5) is 4.39 Å². The van der Waals surface area contributed by atoms with Crippen molar-refractivity contribution in [3.63, 3.8) is 0 Å². The van der Waals surface area contributed by atoms with Crippen molar-refractivity contribution in [1.29, 1.82) is 0 Å². The fourth-order valence-electron chi connectivity index (χ4n) is 2.56. The molecule has 0 aliphatic rings. The van der Waals surface area contributed by atoms with Gasteiger partial charge in [-0.2, -0.15) is 0 Å². The minimum Gasteiger partial charge on any atom is -0.271 e. The summed E-state index contributed by atoms with van der Waals surface area (Å²) in [5, 5.41) is 0.711. The van der Waals surface area contributed by atoms with Gasteiger partial charge in [0.1, 0.15) is 5.82 Å². The summed E-state index contributed by atoms with van der Waals surface area (Å²) in [7, 11) is 0. The van der Waals surface area contributed by atoms with Crippen LogP contribution in [0.5, 0.6) is 0 Å². The van der Waals surface area contributed by atoms with Gasteiger partial charge in [-0.05, 0) is 41.8 Å². The molecule has 0 heterocycles. The Labute approximate surface area is 130 Å². The summed E-state index contributed by atoms with van der Waals surface area (Å²) >= 11 is 6.21. The van der Waals surface area contributed by atoms with Crippen molar-refractivity contribution < 1.29 is 4.39 Å². The molecule has 112 valence electrons. The Kier molecular flexibility index (Phi) is 4.67. The lowest BCUT2D eigenvalue weighted by molar-refractivity contribution is 0.352. The van der Waals surface area contributed by atoms with Gasteiger partial charge in [-0.15, -0.1) is 0 Å².